The van der Waals surface area contributed by atoms with Crippen molar-refractivity contribution in [2.75, 3.05) is 36.5 Å². The molecular weight excluding hydrogens is 392 g/mol. The molecule has 2 N–H and O–H groups in total. The molecule has 0 unspecified atom stereocenters. The Balaban J connectivity index is 1.46. The van der Waals surface area contributed by atoms with Gasteiger partial charge in [-0.05, 0) is 42.8 Å². The molecule has 0 saturated carbocycles. The summed E-state index contributed by atoms with van der Waals surface area (Å²) in [6, 6.07) is 11.6. The number of nitrogens with one attached hydrogen (secondary N) is 2. The van der Waals surface area contributed by atoms with Crippen molar-refractivity contribution in [3.8, 4) is 11.1 Å². The number of carbonyl (C=O) groups excluding carboxylic acids is 1. The van der Waals surface area contributed by atoms with Gasteiger partial charge in [-0.15, -0.1) is 0 Å². The molecule has 156 valence electrons. The molecule has 1 aliphatic rings. The number of morpholine rings is 1. The Bertz CT molecular complexity index is 1250. The number of nitrogens with zero attached hydrogens (tertiary/aromatic N) is 4. The number of aromatic amines is 1. The third kappa shape index (κ3) is 3.97. The van der Waals surface area contributed by atoms with Crippen LogP contribution in [-0.2, 0) is 4.74 Å². The van der Waals surface area contributed by atoms with Crippen LogP contribution in [0.1, 0.15) is 16.2 Å². The summed E-state index contributed by atoms with van der Waals surface area (Å²) < 4.78 is 5.45. The fourth-order valence-corrected chi connectivity index (χ4v) is 3.76. The second kappa shape index (κ2) is 8.16. The van der Waals surface area contributed by atoms with Gasteiger partial charge in [0.1, 0.15) is 0 Å². The van der Waals surface area contributed by atoms with Crippen LogP contribution >= 0.6 is 0 Å². The van der Waals surface area contributed by atoms with Crippen molar-refractivity contribution >= 4 is 28.2 Å². The fraction of sp³-hybridized carbons (Fsp3) is 0.217. The Morgan fingerprint density at radius 2 is 1.97 bits per heavy atom. The van der Waals surface area contributed by atoms with Crippen LogP contribution < -0.4 is 10.2 Å². The lowest BCUT2D eigenvalue weighted by molar-refractivity contribution is 0.102. The van der Waals surface area contributed by atoms with Crippen LogP contribution in [0.15, 0.2) is 55.0 Å². The maximum absolute atomic E-state index is 12.9. The van der Waals surface area contributed by atoms with Gasteiger partial charge in [-0.25, -0.2) is 0 Å². The van der Waals surface area contributed by atoms with Gasteiger partial charge in [-0.1, -0.05) is 6.07 Å². The Labute approximate surface area is 179 Å². The van der Waals surface area contributed by atoms with E-state index in [0.717, 1.165) is 59.7 Å². The quantitative estimate of drug-likeness (QED) is 0.531. The van der Waals surface area contributed by atoms with Crippen molar-refractivity contribution < 1.29 is 9.53 Å². The van der Waals surface area contributed by atoms with Gasteiger partial charge in [0.25, 0.3) is 5.91 Å². The Morgan fingerprint density at radius 3 is 2.81 bits per heavy atom. The molecule has 1 aromatic carbocycles. The van der Waals surface area contributed by atoms with Gasteiger partial charge >= 0.3 is 0 Å². The number of hydrogen-bond acceptors (Lipinski definition) is 6. The maximum atomic E-state index is 12.9. The van der Waals surface area contributed by atoms with Crippen molar-refractivity contribution in [2.24, 2.45) is 0 Å². The average molecular weight is 414 g/mol. The lowest BCUT2D eigenvalue weighted by Gasteiger charge is -2.28. The van der Waals surface area contributed by atoms with Crippen molar-refractivity contribution in [1.29, 1.82) is 0 Å². The first-order valence-corrected chi connectivity index (χ1v) is 10.2. The third-order valence-corrected chi connectivity index (χ3v) is 5.37. The highest BCUT2D eigenvalue weighted by Crippen LogP contribution is 2.28. The number of H-pyrrole nitrogens is 1. The van der Waals surface area contributed by atoms with E-state index in [1.54, 1.807) is 12.3 Å². The van der Waals surface area contributed by atoms with E-state index in [9.17, 15) is 4.79 Å². The Hall–Kier alpha value is -3.78. The SMILES string of the molecule is Cc1cc(NC(=O)c2n[nH]c3ccc(-c4cncc(N5CCOCC5)c4)cc23)ccn1. The number of pyridine rings is 2. The normalized spacial score (nSPS) is 14.0. The molecule has 0 bridgehead atoms. The first kappa shape index (κ1) is 19.2. The summed E-state index contributed by atoms with van der Waals surface area (Å²) >= 11 is 0. The van der Waals surface area contributed by atoms with Crippen LogP contribution in [0.5, 0.6) is 0 Å². The first-order chi connectivity index (χ1) is 15.2. The standard InChI is InChI=1S/C23H22N6O2/c1-15-10-18(4-5-25-15)26-23(30)22-20-12-16(2-3-21(20)27-28-22)17-11-19(14-24-13-17)29-6-8-31-9-7-29/h2-5,10-14H,6-9H2,1H3,(H,27,28)(H,25,26,30). The lowest BCUT2D eigenvalue weighted by atomic mass is 10.0. The van der Waals surface area contributed by atoms with Gasteiger partial charge in [-0.2, -0.15) is 5.10 Å². The molecule has 0 spiro atoms. The summed E-state index contributed by atoms with van der Waals surface area (Å²) in [5, 5.41) is 10.9. The minimum Gasteiger partial charge on any atom is -0.378 e. The molecule has 1 saturated heterocycles. The number of hydrogen-bond donors (Lipinski definition) is 2. The average Bonchev–Trinajstić information content (AvgIpc) is 3.23. The van der Waals surface area contributed by atoms with E-state index in [4.69, 9.17) is 4.74 Å². The maximum Gasteiger partial charge on any atom is 0.276 e. The highest BCUT2D eigenvalue weighted by Gasteiger charge is 2.16. The van der Waals surface area contributed by atoms with Crippen molar-refractivity contribution in [3.63, 3.8) is 0 Å². The smallest absolute Gasteiger partial charge is 0.276 e. The van der Waals surface area contributed by atoms with Crippen LogP contribution in [0, 0.1) is 6.92 Å². The highest BCUT2D eigenvalue weighted by molar-refractivity contribution is 6.11. The molecule has 5 rings (SSSR count). The van der Waals surface area contributed by atoms with Gasteiger partial charge in [0.15, 0.2) is 5.69 Å². The summed E-state index contributed by atoms with van der Waals surface area (Å²) in [5.41, 5.74) is 5.71. The molecule has 1 fully saturated rings. The van der Waals surface area contributed by atoms with Crippen LogP contribution in [0.3, 0.4) is 0 Å². The van der Waals surface area contributed by atoms with Crippen LogP contribution in [0.4, 0.5) is 11.4 Å². The van der Waals surface area contributed by atoms with Crippen LogP contribution in [0.25, 0.3) is 22.0 Å². The molecule has 8 heteroatoms. The van der Waals surface area contributed by atoms with Crippen molar-refractivity contribution in [3.05, 3.63) is 66.4 Å². The van der Waals surface area contributed by atoms with E-state index in [2.05, 4.69) is 36.4 Å². The monoisotopic (exact) mass is 414 g/mol. The number of rotatable bonds is 4. The van der Waals surface area contributed by atoms with E-state index >= 15 is 0 Å². The number of anilines is 2. The molecule has 4 aromatic rings. The number of ether oxygens (including phenoxy) is 1. The second-order valence-corrected chi connectivity index (χ2v) is 7.50. The number of fused-ring (bicyclic) bond motifs is 1. The minimum atomic E-state index is -0.269. The third-order valence-electron chi connectivity index (χ3n) is 5.37. The first-order valence-electron chi connectivity index (χ1n) is 10.2. The summed E-state index contributed by atoms with van der Waals surface area (Å²) in [5.74, 6) is -0.269. The second-order valence-electron chi connectivity index (χ2n) is 7.50. The zero-order valence-corrected chi connectivity index (χ0v) is 17.1. The summed E-state index contributed by atoms with van der Waals surface area (Å²) in [7, 11) is 0. The molecule has 4 heterocycles. The molecule has 31 heavy (non-hydrogen) atoms. The van der Waals surface area contributed by atoms with E-state index in [-0.39, 0.29) is 5.91 Å². The number of benzene rings is 1. The van der Waals surface area contributed by atoms with Crippen molar-refractivity contribution in [1.82, 2.24) is 20.2 Å². The largest absolute Gasteiger partial charge is 0.378 e. The van der Waals surface area contributed by atoms with Gasteiger partial charge in [0.2, 0.25) is 0 Å². The van der Waals surface area contributed by atoms with Gasteiger partial charge in [-0.3, -0.25) is 19.9 Å². The molecule has 0 radical (unpaired) electrons. The fourth-order valence-electron chi connectivity index (χ4n) is 3.76. The number of amides is 1. The molecule has 0 aliphatic carbocycles. The number of aryl methyl sites for hydroxylation is 1. The zero-order valence-electron chi connectivity index (χ0n) is 17.1. The molecular formula is C23H22N6O2. The van der Waals surface area contributed by atoms with E-state index in [1.165, 1.54) is 0 Å². The minimum absolute atomic E-state index is 0.269. The van der Waals surface area contributed by atoms with Gasteiger partial charge in [0.05, 0.1) is 30.6 Å². The Morgan fingerprint density at radius 1 is 1.10 bits per heavy atom. The van der Waals surface area contributed by atoms with E-state index in [0.29, 0.717) is 11.4 Å². The molecule has 1 aliphatic heterocycles. The van der Waals surface area contributed by atoms with Crippen molar-refractivity contribution in [2.45, 2.75) is 6.92 Å². The molecule has 3 aromatic heterocycles. The van der Waals surface area contributed by atoms with E-state index < -0.39 is 0 Å². The van der Waals surface area contributed by atoms with Gasteiger partial charge in [0, 0.05) is 47.8 Å². The van der Waals surface area contributed by atoms with Gasteiger partial charge < -0.3 is 15.0 Å². The van der Waals surface area contributed by atoms with E-state index in [1.807, 2.05) is 43.6 Å². The highest BCUT2D eigenvalue weighted by atomic mass is 16.5. The zero-order chi connectivity index (χ0) is 21.2. The predicted octanol–water partition coefficient (Wildman–Crippen LogP) is 3.42. The van der Waals surface area contributed by atoms with Crippen LogP contribution in [0.2, 0.25) is 0 Å². The van der Waals surface area contributed by atoms with Crippen LogP contribution in [-0.4, -0.2) is 52.4 Å². The molecule has 1 amide bonds. The molecule has 8 nitrogen and oxygen atoms in total. The lowest BCUT2D eigenvalue weighted by Crippen LogP contribution is -2.36. The number of carbonyl (C=O) groups is 1. The predicted molar refractivity (Wildman–Crippen MR) is 119 cm³/mol. The number of aromatic nitrogens is 4. The molecule has 0 atom stereocenters. The summed E-state index contributed by atoms with van der Waals surface area (Å²) in [6.07, 6.45) is 5.38. The summed E-state index contributed by atoms with van der Waals surface area (Å²) in [4.78, 5) is 23.7. The summed E-state index contributed by atoms with van der Waals surface area (Å²) in [6.45, 7) is 5.03. The topological polar surface area (TPSA) is 96.0 Å². The Kier molecular flexibility index (Phi) is 5.05.